The summed E-state index contributed by atoms with van der Waals surface area (Å²) in [5.74, 6) is -1.12. The van der Waals surface area contributed by atoms with Crippen LogP contribution in [0.2, 0.25) is 10.0 Å². The first-order valence-electron chi connectivity index (χ1n) is 9.32. The maximum Gasteiger partial charge on any atom is 0.243 e. The molecule has 4 rings (SSSR count). The number of hydrogen-bond donors (Lipinski definition) is 0. The highest BCUT2D eigenvalue weighted by Crippen LogP contribution is 2.27. The first-order chi connectivity index (χ1) is 14.7. The van der Waals surface area contributed by atoms with Crippen molar-refractivity contribution in [1.82, 2.24) is 9.29 Å². The van der Waals surface area contributed by atoms with Crippen molar-refractivity contribution in [2.45, 2.75) is 11.3 Å². The van der Waals surface area contributed by atoms with Gasteiger partial charge >= 0.3 is 0 Å². The van der Waals surface area contributed by atoms with Gasteiger partial charge in [-0.15, -0.1) is 11.3 Å². The van der Waals surface area contributed by atoms with Gasteiger partial charge in [0.2, 0.25) is 10.0 Å². The SMILES string of the molecule is O=S(=O)(c1ccc(F)c(Cl)c1)N1CCN(c2nc(Cc3ccc(Cl)c(F)c3)cs2)CC1. The van der Waals surface area contributed by atoms with Crippen LogP contribution in [0, 0.1) is 11.6 Å². The molecule has 1 aliphatic rings. The van der Waals surface area contributed by atoms with E-state index in [1.54, 1.807) is 6.07 Å². The fraction of sp³-hybridized carbons (Fsp3) is 0.250. The predicted molar refractivity (Wildman–Crippen MR) is 119 cm³/mol. The van der Waals surface area contributed by atoms with E-state index in [4.69, 9.17) is 23.2 Å². The van der Waals surface area contributed by atoms with Gasteiger partial charge in [-0.2, -0.15) is 4.31 Å². The lowest BCUT2D eigenvalue weighted by molar-refractivity contribution is 0.384. The molecule has 0 bridgehead atoms. The molecule has 0 amide bonds. The normalized spacial score (nSPS) is 15.4. The van der Waals surface area contributed by atoms with E-state index in [0.29, 0.717) is 19.5 Å². The molecule has 2 heterocycles. The Morgan fingerprint density at radius 1 is 0.968 bits per heavy atom. The Balaban J connectivity index is 1.41. The van der Waals surface area contributed by atoms with Gasteiger partial charge in [-0.25, -0.2) is 22.2 Å². The molecule has 0 atom stereocenters. The number of nitrogens with zero attached hydrogens (tertiary/aromatic N) is 3. The van der Waals surface area contributed by atoms with Crippen molar-refractivity contribution in [3.05, 3.63) is 74.7 Å². The highest BCUT2D eigenvalue weighted by atomic mass is 35.5. The zero-order valence-corrected chi connectivity index (χ0v) is 19.2. The van der Waals surface area contributed by atoms with Crippen LogP contribution in [0.5, 0.6) is 0 Å². The molecule has 1 saturated heterocycles. The molecule has 164 valence electrons. The Hall–Kier alpha value is -1.78. The molecule has 1 fully saturated rings. The van der Waals surface area contributed by atoms with E-state index in [1.807, 2.05) is 10.3 Å². The summed E-state index contributed by atoms with van der Waals surface area (Å²) in [4.78, 5) is 6.60. The van der Waals surface area contributed by atoms with Gasteiger partial charge in [-0.3, -0.25) is 0 Å². The quantitative estimate of drug-likeness (QED) is 0.500. The average molecular weight is 504 g/mol. The second-order valence-electron chi connectivity index (χ2n) is 7.01. The Morgan fingerprint density at radius 2 is 1.71 bits per heavy atom. The number of anilines is 1. The third kappa shape index (κ3) is 4.85. The van der Waals surface area contributed by atoms with Crippen LogP contribution in [-0.4, -0.2) is 43.9 Å². The molecule has 2 aromatic carbocycles. The molecule has 11 heteroatoms. The summed E-state index contributed by atoms with van der Waals surface area (Å²) in [5, 5.41) is 2.55. The lowest BCUT2D eigenvalue weighted by Crippen LogP contribution is -2.48. The van der Waals surface area contributed by atoms with E-state index < -0.39 is 21.7 Å². The lowest BCUT2D eigenvalue weighted by Gasteiger charge is -2.33. The standard InChI is InChI=1S/C20H17Cl2F2N3O2S2/c21-16-3-1-13(10-19(16)24)9-14-12-30-20(25-14)26-5-7-27(8-6-26)31(28,29)15-2-4-18(23)17(22)11-15/h1-4,10-12H,5-9H2. The molecular formula is C20H17Cl2F2N3O2S2. The van der Waals surface area contributed by atoms with Crippen LogP contribution in [0.4, 0.5) is 13.9 Å². The molecule has 0 unspecified atom stereocenters. The topological polar surface area (TPSA) is 53.5 Å². The van der Waals surface area contributed by atoms with Crippen LogP contribution in [0.15, 0.2) is 46.7 Å². The monoisotopic (exact) mass is 503 g/mol. The van der Waals surface area contributed by atoms with E-state index in [1.165, 1.54) is 33.8 Å². The molecule has 5 nitrogen and oxygen atoms in total. The molecule has 31 heavy (non-hydrogen) atoms. The van der Waals surface area contributed by atoms with E-state index in [0.717, 1.165) is 28.5 Å². The van der Waals surface area contributed by atoms with Gasteiger partial charge in [0.1, 0.15) is 11.6 Å². The average Bonchev–Trinajstić information content (AvgIpc) is 3.21. The molecule has 0 radical (unpaired) electrons. The van der Waals surface area contributed by atoms with Gasteiger partial charge in [0.25, 0.3) is 0 Å². The van der Waals surface area contributed by atoms with Gasteiger partial charge in [-0.05, 0) is 35.9 Å². The van der Waals surface area contributed by atoms with Crippen LogP contribution in [0.3, 0.4) is 0 Å². The first-order valence-corrected chi connectivity index (χ1v) is 12.4. The van der Waals surface area contributed by atoms with Crippen LogP contribution in [0.1, 0.15) is 11.3 Å². The molecule has 0 aliphatic carbocycles. The highest BCUT2D eigenvalue weighted by Gasteiger charge is 2.30. The van der Waals surface area contributed by atoms with Crippen molar-refractivity contribution in [1.29, 1.82) is 0 Å². The van der Waals surface area contributed by atoms with Crippen molar-refractivity contribution < 1.29 is 17.2 Å². The van der Waals surface area contributed by atoms with Crippen molar-refractivity contribution in [3.63, 3.8) is 0 Å². The van der Waals surface area contributed by atoms with Gasteiger partial charge in [-0.1, -0.05) is 29.3 Å². The maximum atomic E-state index is 13.6. The Bertz CT molecular complexity index is 1210. The number of halogens is 4. The number of sulfonamides is 1. The van der Waals surface area contributed by atoms with Crippen LogP contribution >= 0.6 is 34.5 Å². The van der Waals surface area contributed by atoms with Crippen LogP contribution in [-0.2, 0) is 16.4 Å². The van der Waals surface area contributed by atoms with E-state index in [-0.39, 0.29) is 28.0 Å². The molecule has 1 aliphatic heterocycles. The molecule has 1 aromatic heterocycles. The van der Waals surface area contributed by atoms with Gasteiger partial charge in [0.05, 0.1) is 20.6 Å². The fourth-order valence-corrected chi connectivity index (χ4v) is 5.98. The third-order valence-corrected chi connectivity index (χ3v) is 8.39. The van der Waals surface area contributed by atoms with Crippen molar-refractivity contribution >= 4 is 49.7 Å². The number of aromatic nitrogens is 1. The van der Waals surface area contributed by atoms with E-state index in [2.05, 4.69) is 4.98 Å². The third-order valence-electron chi connectivity index (χ3n) is 4.95. The number of piperazine rings is 1. The number of benzene rings is 2. The zero-order chi connectivity index (χ0) is 22.2. The van der Waals surface area contributed by atoms with Gasteiger partial charge in [0.15, 0.2) is 5.13 Å². The second-order valence-corrected chi connectivity index (χ2v) is 10.6. The summed E-state index contributed by atoms with van der Waals surface area (Å²) in [6.45, 7) is 1.48. The van der Waals surface area contributed by atoms with Crippen molar-refractivity contribution in [2.24, 2.45) is 0 Å². The zero-order valence-electron chi connectivity index (χ0n) is 16.1. The molecular weight excluding hydrogens is 487 g/mol. The summed E-state index contributed by atoms with van der Waals surface area (Å²) < 4.78 is 54.0. The Kier molecular flexibility index (Phi) is 6.50. The second kappa shape index (κ2) is 8.99. The Morgan fingerprint density at radius 3 is 2.39 bits per heavy atom. The molecule has 3 aromatic rings. The number of hydrogen-bond acceptors (Lipinski definition) is 5. The van der Waals surface area contributed by atoms with Crippen molar-refractivity contribution in [3.8, 4) is 0 Å². The minimum atomic E-state index is -3.76. The Labute approximate surface area is 192 Å². The fourth-order valence-electron chi connectivity index (χ4n) is 3.29. The first kappa shape index (κ1) is 22.4. The molecule has 0 spiro atoms. The van der Waals surface area contributed by atoms with E-state index in [9.17, 15) is 17.2 Å². The van der Waals surface area contributed by atoms with Gasteiger partial charge < -0.3 is 4.90 Å². The minimum absolute atomic E-state index is 0.0286. The summed E-state index contributed by atoms with van der Waals surface area (Å²) >= 11 is 12.9. The maximum absolute atomic E-state index is 13.6. The summed E-state index contributed by atoms with van der Waals surface area (Å²) in [7, 11) is -3.76. The molecule has 0 saturated carbocycles. The number of rotatable bonds is 5. The summed E-state index contributed by atoms with van der Waals surface area (Å²) in [6.07, 6.45) is 0.476. The summed E-state index contributed by atoms with van der Waals surface area (Å²) in [5.41, 5.74) is 1.57. The highest BCUT2D eigenvalue weighted by molar-refractivity contribution is 7.89. The van der Waals surface area contributed by atoms with E-state index >= 15 is 0 Å². The predicted octanol–water partition coefficient (Wildman–Crippen LogP) is 4.83. The number of thiazole rings is 1. The largest absolute Gasteiger partial charge is 0.345 e. The molecule has 0 N–H and O–H groups in total. The minimum Gasteiger partial charge on any atom is -0.345 e. The van der Waals surface area contributed by atoms with Gasteiger partial charge in [0, 0.05) is 38.0 Å². The van der Waals surface area contributed by atoms with Crippen molar-refractivity contribution in [2.75, 3.05) is 31.1 Å². The van der Waals surface area contributed by atoms with Crippen LogP contribution < -0.4 is 4.90 Å². The van der Waals surface area contributed by atoms with Crippen LogP contribution in [0.25, 0.3) is 0 Å². The lowest BCUT2D eigenvalue weighted by atomic mass is 10.1. The smallest absolute Gasteiger partial charge is 0.243 e. The summed E-state index contributed by atoms with van der Waals surface area (Å²) in [6, 6.07) is 8.08.